The Balaban J connectivity index is 2.19. The Morgan fingerprint density at radius 1 is 1.10 bits per heavy atom. The van der Waals surface area contributed by atoms with Gasteiger partial charge in [0.2, 0.25) is 5.95 Å². The van der Waals surface area contributed by atoms with Crippen molar-refractivity contribution in [3.05, 3.63) is 40.3 Å². The molecule has 5 heteroatoms. The molecule has 4 nitrogen and oxygen atoms in total. The van der Waals surface area contributed by atoms with Crippen LogP contribution in [-0.2, 0) is 0 Å². The van der Waals surface area contributed by atoms with Gasteiger partial charge in [0.25, 0.3) is 0 Å². The molecule has 3 rings (SSSR count). The van der Waals surface area contributed by atoms with Crippen LogP contribution >= 0.6 is 11.3 Å². The van der Waals surface area contributed by atoms with Crippen LogP contribution in [0.3, 0.4) is 0 Å². The zero-order valence-electron chi connectivity index (χ0n) is 12.6. The Morgan fingerprint density at radius 3 is 2.57 bits per heavy atom. The standard InChI is InChI=1S/C16H18N4S/c1-9-5-6-13(10(2)7-9)20(4)14-12-8-11(3)21-15(12)19-16(17)18-14/h5-8H,1-4H3,(H2,17,18,19). The molecule has 2 N–H and O–H groups in total. The fourth-order valence-corrected chi connectivity index (χ4v) is 3.48. The van der Waals surface area contributed by atoms with E-state index >= 15 is 0 Å². The molecule has 0 aliphatic rings. The number of aryl methyl sites for hydroxylation is 3. The molecule has 0 aliphatic heterocycles. The number of nitrogen functional groups attached to an aromatic ring is 1. The van der Waals surface area contributed by atoms with Crippen molar-refractivity contribution in [1.82, 2.24) is 9.97 Å². The van der Waals surface area contributed by atoms with Crippen molar-refractivity contribution in [1.29, 1.82) is 0 Å². The van der Waals surface area contributed by atoms with E-state index in [4.69, 9.17) is 5.73 Å². The average Bonchev–Trinajstić information content (AvgIpc) is 2.77. The maximum atomic E-state index is 5.87. The molecule has 0 spiro atoms. The predicted octanol–water partition coefficient (Wildman–Crippen LogP) is 3.97. The molecule has 0 aliphatic carbocycles. The van der Waals surface area contributed by atoms with Crippen molar-refractivity contribution in [3.8, 4) is 0 Å². The van der Waals surface area contributed by atoms with Gasteiger partial charge >= 0.3 is 0 Å². The summed E-state index contributed by atoms with van der Waals surface area (Å²) in [6, 6.07) is 8.52. The average molecular weight is 298 g/mol. The third kappa shape index (κ3) is 2.45. The molecule has 0 unspecified atom stereocenters. The van der Waals surface area contributed by atoms with E-state index in [0.29, 0.717) is 5.95 Å². The molecule has 0 atom stereocenters. The van der Waals surface area contributed by atoms with Gasteiger partial charge in [-0.05, 0) is 38.5 Å². The van der Waals surface area contributed by atoms with E-state index in [2.05, 4.69) is 59.9 Å². The molecule has 108 valence electrons. The van der Waals surface area contributed by atoms with Gasteiger partial charge in [0.1, 0.15) is 10.6 Å². The van der Waals surface area contributed by atoms with E-state index in [1.54, 1.807) is 11.3 Å². The van der Waals surface area contributed by atoms with E-state index in [1.807, 2.05) is 7.05 Å². The minimum absolute atomic E-state index is 0.316. The van der Waals surface area contributed by atoms with Crippen LogP contribution in [0.5, 0.6) is 0 Å². The minimum atomic E-state index is 0.316. The number of rotatable bonds is 2. The first-order valence-corrected chi connectivity index (χ1v) is 7.62. The van der Waals surface area contributed by atoms with Gasteiger partial charge in [-0.2, -0.15) is 4.98 Å². The summed E-state index contributed by atoms with van der Waals surface area (Å²) in [5.74, 6) is 1.17. The predicted molar refractivity (Wildman–Crippen MR) is 90.5 cm³/mol. The van der Waals surface area contributed by atoms with Crippen molar-refractivity contribution < 1.29 is 0 Å². The Bertz CT molecular complexity index is 823. The monoisotopic (exact) mass is 298 g/mol. The molecule has 0 saturated heterocycles. The third-order valence-corrected chi connectivity index (χ3v) is 4.49. The quantitative estimate of drug-likeness (QED) is 0.778. The second-order valence-corrected chi connectivity index (χ2v) is 6.57. The van der Waals surface area contributed by atoms with Crippen LogP contribution in [0.4, 0.5) is 17.5 Å². The summed E-state index contributed by atoms with van der Waals surface area (Å²) in [6.45, 7) is 6.28. The Labute approximate surface area is 128 Å². The maximum Gasteiger partial charge on any atom is 0.223 e. The van der Waals surface area contributed by atoms with Crippen molar-refractivity contribution in [2.75, 3.05) is 17.7 Å². The van der Waals surface area contributed by atoms with E-state index < -0.39 is 0 Å². The number of fused-ring (bicyclic) bond motifs is 1. The van der Waals surface area contributed by atoms with Crippen LogP contribution in [0, 0.1) is 20.8 Å². The molecule has 0 bridgehead atoms. The maximum absolute atomic E-state index is 5.87. The molecule has 1 aromatic carbocycles. The number of benzene rings is 1. The highest BCUT2D eigenvalue weighted by atomic mass is 32.1. The second kappa shape index (κ2) is 5.00. The molecular weight excluding hydrogens is 280 g/mol. The second-order valence-electron chi connectivity index (χ2n) is 5.33. The highest BCUT2D eigenvalue weighted by Gasteiger charge is 2.15. The first-order chi connectivity index (χ1) is 9.95. The minimum Gasteiger partial charge on any atom is -0.368 e. The SMILES string of the molecule is Cc1ccc(N(C)c2nc(N)nc3sc(C)cc23)c(C)c1. The van der Waals surface area contributed by atoms with Crippen LogP contribution in [0.1, 0.15) is 16.0 Å². The number of anilines is 3. The summed E-state index contributed by atoms with van der Waals surface area (Å²) < 4.78 is 0. The summed E-state index contributed by atoms with van der Waals surface area (Å²) in [4.78, 5) is 13.0. The molecule has 0 amide bonds. The molecule has 21 heavy (non-hydrogen) atoms. The number of thiophene rings is 1. The number of aromatic nitrogens is 2. The highest BCUT2D eigenvalue weighted by molar-refractivity contribution is 7.18. The van der Waals surface area contributed by atoms with Crippen LogP contribution in [-0.4, -0.2) is 17.0 Å². The van der Waals surface area contributed by atoms with Crippen LogP contribution in [0.15, 0.2) is 24.3 Å². The number of hydrogen-bond acceptors (Lipinski definition) is 5. The van der Waals surface area contributed by atoms with Gasteiger partial charge in [-0.25, -0.2) is 4.98 Å². The van der Waals surface area contributed by atoms with Crippen LogP contribution in [0.25, 0.3) is 10.2 Å². The van der Waals surface area contributed by atoms with Gasteiger partial charge in [0, 0.05) is 17.6 Å². The van der Waals surface area contributed by atoms with Gasteiger partial charge in [0.05, 0.1) is 5.39 Å². The van der Waals surface area contributed by atoms with E-state index in [1.165, 1.54) is 16.0 Å². The van der Waals surface area contributed by atoms with Gasteiger partial charge in [-0.15, -0.1) is 11.3 Å². The fraction of sp³-hybridized carbons (Fsp3) is 0.250. The van der Waals surface area contributed by atoms with E-state index in [0.717, 1.165) is 21.7 Å². The molecule has 2 aromatic heterocycles. The largest absolute Gasteiger partial charge is 0.368 e. The molecular formula is C16H18N4S. The number of hydrogen-bond donors (Lipinski definition) is 1. The topological polar surface area (TPSA) is 55.0 Å². The van der Waals surface area contributed by atoms with Gasteiger partial charge in [-0.3, -0.25) is 0 Å². The Hall–Kier alpha value is -2.14. The highest BCUT2D eigenvalue weighted by Crippen LogP contribution is 2.35. The first-order valence-electron chi connectivity index (χ1n) is 6.80. The third-order valence-electron chi connectivity index (χ3n) is 3.54. The van der Waals surface area contributed by atoms with Crippen LogP contribution in [0.2, 0.25) is 0 Å². The van der Waals surface area contributed by atoms with Gasteiger partial charge < -0.3 is 10.6 Å². The Kier molecular flexibility index (Phi) is 3.29. The van der Waals surface area contributed by atoms with Crippen molar-refractivity contribution in [2.45, 2.75) is 20.8 Å². The molecule has 0 saturated carbocycles. The molecule has 0 radical (unpaired) electrons. The molecule has 2 heterocycles. The molecule has 0 fully saturated rings. The summed E-state index contributed by atoms with van der Waals surface area (Å²) in [5, 5.41) is 1.05. The lowest BCUT2D eigenvalue weighted by molar-refractivity contribution is 1.11. The smallest absolute Gasteiger partial charge is 0.223 e. The van der Waals surface area contributed by atoms with Crippen molar-refractivity contribution in [2.24, 2.45) is 0 Å². The molecule has 3 aromatic rings. The first kappa shape index (κ1) is 13.8. The summed E-state index contributed by atoms with van der Waals surface area (Å²) in [7, 11) is 2.02. The lowest BCUT2D eigenvalue weighted by Gasteiger charge is -2.21. The lowest BCUT2D eigenvalue weighted by Crippen LogP contribution is -2.14. The summed E-state index contributed by atoms with van der Waals surface area (Å²) in [5.41, 5.74) is 9.47. The van der Waals surface area contributed by atoms with Crippen LogP contribution < -0.4 is 10.6 Å². The summed E-state index contributed by atoms with van der Waals surface area (Å²) in [6.07, 6.45) is 0. The number of nitrogens with zero attached hydrogens (tertiary/aromatic N) is 3. The normalized spacial score (nSPS) is 11.0. The van der Waals surface area contributed by atoms with Gasteiger partial charge in [-0.1, -0.05) is 17.7 Å². The number of nitrogens with two attached hydrogens (primary N) is 1. The van der Waals surface area contributed by atoms with Crippen molar-refractivity contribution >= 4 is 39.0 Å². The van der Waals surface area contributed by atoms with Crippen molar-refractivity contribution in [3.63, 3.8) is 0 Å². The van der Waals surface area contributed by atoms with Gasteiger partial charge in [0.15, 0.2) is 0 Å². The summed E-state index contributed by atoms with van der Waals surface area (Å²) >= 11 is 1.64. The van der Waals surface area contributed by atoms with E-state index in [9.17, 15) is 0 Å². The van der Waals surface area contributed by atoms with E-state index in [-0.39, 0.29) is 0 Å². The zero-order valence-corrected chi connectivity index (χ0v) is 13.5. The zero-order chi connectivity index (χ0) is 15.1. The fourth-order valence-electron chi connectivity index (χ4n) is 2.59. The Morgan fingerprint density at radius 2 is 1.86 bits per heavy atom. The lowest BCUT2D eigenvalue weighted by atomic mass is 10.1.